The molecule has 1 N–H and O–H groups in total. The third-order valence-electron chi connectivity index (χ3n) is 3.75. The zero-order chi connectivity index (χ0) is 15.7. The van der Waals surface area contributed by atoms with E-state index in [9.17, 15) is 10.1 Å². The number of ether oxygens (including phenoxy) is 1. The molecule has 0 aromatic heterocycles. The Labute approximate surface area is 128 Å². The summed E-state index contributed by atoms with van der Waals surface area (Å²) in [5.41, 5.74) is 0. The van der Waals surface area contributed by atoms with Gasteiger partial charge < -0.3 is 10.1 Å². The van der Waals surface area contributed by atoms with Crippen LogP contribution in [-0.2, 0) is 9.53 Å². The van der Waals surface area contributed by atoms with Crippen molar-refractivity contribution in [2.75, 3.05) is 46.4 Å². The lowest BCUT2D eigenvalue weighted by molar-refractivity contribution is -0.123. The maximum Gasteiger partial charge on any atom is 0.234 e. The van der Waals surface area contributed by atoms with Crippen molar-refractivity contribution in [3.05, 3.63) is 0 Å². The van der Waals surface area contributed by atoms with Crippen LogP contribution in [-0.4, -0.2) is 74.2 Å². The number of amides is 1. The minimum Gasteiger partial charge on any atom is -0.383 e. The van der Waals surface area contributed by atoms with Gasteiger partial charge in [0.05, 0.1) is 25.3 Å². The Morgan fingerprint density at radius 3 is 2.57 bits per heavy atom. The van der Waals surface area contributed by atoms with Crippen LogP contribution in [0.5, 0.6) is 0 Å². The molecule has 1 aliphatic rings. The van der Waals surface area contributed by atoms with E-state index in [-0.39, 0.29) is 18.0 Å². The molecular weight excluding hydrogens is 268 g/mol. The van der Waals surface area contributed by atoms with Crippen molar-refractivity contribution in [3.63, 3.8) is 0 Å². The Morgan fingerprint density at radius 2 is 2.05 bits per heavy atom. The third kappa shape index (κ3) is 6.42. The van der Waals surface area contributed by atoms with Crippen LogP contribution < -0.4 is 5.32 Å². The Morgan fingerprint density at radius 1 is 1.38 bits per heavy atom. The summed E-state index contributed by atoms with van der Waals surface area (Å²) in [4.78, 5) is 16.3. The second-order valence-corrected chi connectivity index (χ2v) is 5.67. The molecule has 1 amide bonds. The summed E-state index contributed by atoms with van der Waals surface area (Å²) in [7, 11) is 1.63. The fourth-order valence-electron chi connectivity index (χ4n) is 2.65. The molecule has 0 radical (unpaired) electrons. The topological polar surface area (TPSA) is 68.6 Å². The maximum absolute atomic E-state index is 11.9. The van der Waals surface area contributed by atoms with Gasteiger partial charge in [0.1, 0.15) is 0 Å². The van der Waals surface area contributed by atoms with Crippen LogP contribution in [0.4, 0.5) is 0 Å². The quantitative estimate of drug-likeness (QED) is 0.704. The second kappa shape index (κ2) is 9.72. The highest BCUT2D eigenvalue weighted by atomic mass is 16.5. The number of nitrogens with one attached hydrogen (secondary N) is 1. The van der Waals surface area contributed by atoms with Crippen molar-refractivity contribution in [2.24, 2.45) is 0 Å². The normalized spacial score (nSPS) is 19.7. The largest absolute Gasteiger partial charge is 0.383 e. The molecule has 6 heteroatoms. The molecule has 120 valence electrons. The second-order valence-electron chi connectivity index (χ2n) is 5.67. The third-order valence-corrected chi connectivity index (χ3v) is 3.75. The molecule has 0 saturated carbocycles. The summed E-state index contributed by atoms with van der Waals surface area (Å²) in [6, 6.07) is 2.44. The van der Waals surface area contributed by atoms with E-state index in [1.807, 2.05) is 6.92 Å². The number of methoxy groups -OCH3 is 1. The van der Waals surface area contributed by atoms with Crippen molar-refractivity contribution in [1.82, 2.24) is 15.1 Å². The number of hydrogen-bond acceptors (Lipinski definition) is 5. The molecule has 0 aromatic carbocycles. The molecular formula is C15H28N4O2. The van der Waals surface area contributed by atoms with E-state index >= 15 is 0 Å². The number of carbonyl (C=O) groups excluding carboxylic acids is 1. The molecule has 2 atom stereocenters. The molecule has 0 bridgehead atoms. The summed E-state index contributed by atoms with van der Waals surface area (Å²) in [6.45, 7) is 8.39. The SMILES string of the molecule is CCCC(C#N)N1CCN(CC(=O)NC(C)COC)CC1. The highest BCUT2D eigenvalue weighted by Gasteiger charge is 2.24. The van der Waals surface area contributed by atoms with Crippen LogP contribution >= 0.6 is 0 Å². The molecule has 1 rings (SSSR count). The lowest BCUT2D eigenvalue weighted by Gasteiger charge is -2.36. The van der Waals surface area contributed by atoms with E-state index in [1.165, 1.54) is 0 Å². The van der Waals surface area contributed by atoms with Crippen molar-refractivity contribution in [2.45, 2.75) is 38.8 Å². The minimum atomic E-state index is 0.0210. The van der Waals surface area contributed by atoms with Crippen molar-refractivity contribution in [1.29, 1.82) is 5.26 Å². The molecule has 0 spiro atoms. The molecule has 1 aliphatic heterocycles. The first-order chi connectivity index (χ1) is 10.1. The van der Waals surface area contributed by atoms with Crippen LogP contribution in [0.1, 0.15) is 26.7 Å². The van der Waals surface area contributed by atoms with Crippen molar-refractivity contribution >= 4 is 5.91 Å². The predicted octanol–water partition coefficient (Wildman–Crippen LogP) is 0.447. The lowest BCUT2D eigenvalue weighted by atomic mass is 10.1. The maximum atomic E-state index is 11.9. The number of carbonyl (C=O) groups is 1. The lowest BCUT2D eigenvalue weighted by Crippen LogP contribution is -2.52. The van der Waals surface area contributed by atoms with E-state index in [1.54, 1.807) is 7.11 Å². The van der Waals surface area contributed by atoms with Gasteiger partial charge >= 0.3 is 0 Å². The van der Waals surface area contributed by atoms with Gasteiger partial charge in [0, 0.05) is 39.3 Å². The minimum absolute atomic E-state index is 0.0210. The predicted molar refractivity (Wildman–Crippen MR) is 81.8 cm³/mol. The average molecular weight is 296 g/mol. The first kappa shape index (κ1) is 17.9. The highest BCUT2D eigenvalue weighted by molar-refractivity contribution is 5.78. The van der Waals surface area contributed by atoms with Crippen molar-refractivity contribution in [3.8, 4) is 6.07 Å². The molecule has 1 saturated heterocycles. The van der Waals surface area contributed by atoms with E-state index in [4.69, 9.17) is 4.74 Å². The molecule has 6 nitrogen and oxygen atoms in total. The monoisotopic (exact) mass is 296 g/mol. The van der Waals surface area contributed by atoms with E-state index in [0.29, 0.717) is 13.2 Å². The summed E-state index contributed by atoms with van der Waals surface area (Å²) >= 11 is 0. The number of nitrogens with zero attached hydrogens (tertiary/aromatic N) is 3. The first-order valence-corrected chi connectivity index (χ1v) is 7.75. The zero-order valence-corrected chi connectivity index (χ0v) is 13.5. The van der Waals surface area contributed by atoms with E-state index in [0.717, 1.165) is 39.0 Å². The van der Waals surface area contributed by atoms with E-state index < -0.39 is 0 Å². The van der Waals surface area contributed by atoms with Gasteiger partial charge in [-0.05, 0) is 13.3 Å². The Kier molecular flexibility index (Phi) is 8.28. The fraction of sp³-hybridized carbons (Fsp3) is 0.867. The molecule has 1 fully saturated rings. The van der Waals surface area contributed by atoms with Crippen LogP contribution in [0.25, 0.3) is 0 Å². The zero-order valence-electron chi connectivity index (χ0n) is 13.5. The van der Waals surface area contributed by atoms with Gasteiger partial charge in [-0.2, -0.15) is 5.26 Å². The standard InChI is InChI=1S/C15H28N4O2/c1-4-5-14(10-16)19-8-6-18(7-9-19)11-15(20)17-13(2)12-21-3/h13-14H,4-9,11-12H2,1-3H3,(H,17,20). The highest BCUT2D eigenvalue weighted by Crippen LogP contribution is 2.10. The van der Waals surface area contributed by atoms with Crippen LogP contribution in [0.2, 0.25) is 0 Å². The van der Waals surface area contributed by atoms with Crippen LogP contribution in [0.15, 0.2) is 0 Å². The van der Waals surface area contributed by atoms with Gasteiger partial charge in [-0.25, -0.2) is 0 Å². The molecule has 21 heavy (non-hydrogen) atoms. The van der Waals surface area contributed by atoms with Gasteiger partial charge in [-0.15, -0.1) is 0 Å². The number of nitriles is 1. The smallest absolute Gasteiger partial charge is 0.234 e. The van der Waals surface area contributed by atoms with Crippen LogP contribution in [0.3, 0.4) is 0 Å². The summed E-state index contributed by atoms with van der Waals surface area (Å²) < 4.78 is 5.00. The number of hydrogen-bond donors (Lipinski definition) is 1. The van der Waals surface area contributed by atoms with Gasteiger partial charge in [0.2, 0.25) is 5.91 Å². The number of rotatable bonds is 8. The molecule has 1 heterocycles. The van der Waals surface area contributed by atoms with Gasteiger partial charge in [0.15, 0.2) is 0 Å². The van der Waals surface area contributed by atoms with Gasteiger partial charge in [-0.3, -0.25) is 14.6 Å². The fourth-order valence-corrected chi connectivity index (χ4v) is 2.65. The Balaban J connectivity index is 2.30. The summed E-state index contributed by atoms with van der Waals surface area (Å²) in [5, 5.41) is 12.1. The van der Waals surface area contributed by atoms with E-state index in [2.05, 4.69) is 28.1 Å². The van der Waals surface area contributed by atoms with Gasteiger partial charge in [-0.1, -0.05) is 13.3 Å². The summed E-state index contributed by atoms with van der Waals surface area (Å²) in [5.74, 6) is 0.0402. The van der Waals surface area contributed by atoms with Crippen LogP contribution in [0, 0.1) is 11.3 Å². The molecule has 0 aliphatic carbocycles. The molecule has 0 aromatic rings. The Hall–Kier alpha value is -1.16. The first-order valence-electron chi connectivity index (χ1n) is 7.75. The average Bonchev–Trinajstić information content (AvgIpc) is 2.45. The summed E-state index contributed by atoms with van der Waals surface area (Å²) in [6.07, 6.45) is 1.95. The number of piperazine rings is 1. The van der Waals surface area contributed by atoms with Gasteiger partial charge in [0.25, 0.3) is 0 Å². The van der Waals surface area contributed by atoms with Crippen molar-refractivity contribution < 1.29 is 9.53 Å². The Bertz CT molecular complexity index is 348. The molecule has 2 unspecified atom stereocenters.